The van der Waals surface area contributed by atoms with E-state index in [1.165, 1.54) is 11.0 Å². The summed E-state index contributed by atoms with van der Waals surface area (Å²) in [5.41, 5.74) is 7.34. The maximum Gasteiger partial charge on any atom is 0.256 e. The number of hydrogen-bond acceptors (Lipinski definition) is 3. The Balaban J connectivity index is 2.91. The minimum Gasteiger partial charge on any atom is -0.330 e. The van der Waals surface area contributed by atoms with Crippen LogP contribution in [0, 0.1) is 0 Å². The third-order valence-electron chi connectivity index (χ3n) is 4.59. The molecule has 0 aromatic rings. The Bertz CT molecular complexity index is 445. The molecule has 4 nitrogen and oxygen atoms in total. The van der Waals surface area contributed by atoms with Crippen molar-refractivity contribution in [3.63, 3.8) is 0 Å². The Hall–Kier alpha value is -0.726. The molecule has 20 heavy (non-hydrogen) atoms. The number of imide groups is 1. The Morgan fingerprint density at radius 2 is 1.55 bits per heavy atom. The lowest BCUT2D eigenvalue weighted by atomic mass is 10.3. The van der Waals surface area contributed by atoms with Crippen LogP contribution in [0.25, 0.3) is 0 Å². The van der Waals surface area contributed by atoms with Crippen LogP contribution in [0.3, 0.4) is 0 Å². The first-order chi connectivity index (χ1) is 8.81. The van der Waals surface area contributed by atoms with Crippen LogP contribution in [0.15, 0.2) is 11.6 Å². The lowest BCUT2D eigenvalue weighted by Crippen LogP contribution is -2.73. The fourth-order valence-electron chi connectivity index (χ4n) is 3.01. The average molecular weight is 313 g/mol. The summed E-state index contributed by atoms with van der Waals surface area (Å²) in [4.78, 5) is 24.9. The van der Waals surface area contributed by atoms with E-state index in [0.717, 1.165) is 6.42 Å². The van der Waals surface area contributed by atoms with E-state index in [0.29, 0.717) is 12.1 Å². The first kappa shape index (κ1) is 17.3. The van der Waals surface area contributed by atoms with Gasteiger partial charge in [-0.2, -0.15) is 0 Å². The van der Waals surface area contributed by atoms with E-state index in [2.05, 4.69) is 39.3 Å². The van der Waals surface area contributed by atoms with E-state index in [-0.39, 0.29) is 16.6 Å². The molecule has 1 aliphatic rings. The number of carbonyl (C=O) groups excluding carboxylic acids is 2. The van der Waals surface area contributed by atoms with Crippen molar-refractivity contribution in [3.8, 4) is 0 Å². The monoisotopic (exact) mass is 312 g/mol. The Kier molecular flexibility index (Phi) is 4.53. The van der Waals surface area contributed by atoms with E-state index in [1.807, 2.05) is 0 Å². The molecule has 0 bridgehead atoms. The zero-order valence-corrected chi connectivity index (χ0v) is 15.8. The molecular weight excluding hydrogens is 284 g/mol. The summed E-state index contributed by atoms with van der Waals surface area (Å²) in [7, 11) is -3.21. The smallest absolute Gasteiger partial charge is 0.256 e. The van der Waals surface area contributed by atoms with Crippen molar-refractivity contribution in [2.24, 2.45) is 5.73 Å². The summed E-state index contributed by atoms with van der Waals surface area (Å²) >= 11 is 0. The summed E-state index contributed by atoms with van der Waals surface area (Å²) in [6.45, 7) is 15.8. The zero-order chi connectivity index (χ0) is 15.9. The van der Waals surface area contributed by atoms with Gasteiger partial charge >= 0.3 is 0 Å². The number of carbonyl (C=O) groups is 2. The van der Waals surface area contributed by atoms with E-state index < -0.39 is 16.1 Å². The molecule has 2 amide bonds. The Labute approximate surface area is 124 Å². The second kappa shape index (κ2) is 5.23. The first-order valence-electron chi connectivity index (χ1n) is 7.14. The molecule has 2 N–H and O–H groups in total. The highest BCUT2D eigenvalue weighted by molar-refractivity contribution is 6.98. The van der Waals surface area contributed by atoms with Gasteiger partial charge in [0.1, 0.15) is 0 Å². The lowest BCUT2D eigenvalue weighted by Gasteiger charge is -2.49. The van der Waals surface area contributed by atoms with Gasteiger partial charge in [-0.05, 0) is 13.3 Å². The van der Waals surface area contributed by atoms with Gasteiger partial charge < -0.3 is 5.73 Å². The summed E-state index contributed by atoms with van der Waals surface area (Å²) in [5.74, 6) is -0.357. The summed E-state index contributed by atoms with van der Waals surface area (Å²) in [5, 5.41) is 0. The predicted octanol–water partition coefficient (Wildman–Crippen LogP) is 2.14. The van der Waals surface area contributed by atoms with Crippen molar-refractivity contribution in [2.75, 3.05) is 6.54 Å². The Morgan fingerprint density at radius 1 is 1.10 bits per heavy atom. The molecule has 0 atom stereocenters. The van der Waals surface area contributed by atoms with Crippen LogP contribution in [-0.4, -0.2) is 44.2 Å². The maximum atomic E-state index is 12.0. The highest BCUT2D eigenvalue weighted by Crippen LogP contribution is 2.32. The average Bonchev–Trinajstić information content (AvgIpc) is 2.47. The first-order valence-corrected chi connectivity index (χ1v) is 14.1. The van der Waals surface area contributed by atoms with Crippen LogP contribution in [0.4, 0.5) is 0 Å². The molecule has 1 rings (SSSR count). The molecule has 6 heteroatoms. The van der Waals surface area contributed by atoms with Crippen LogP contribution in [-0.2, 0) is 9.59 Å². The van der Waals surface area contributed by atoms with Gasteiger partial charge in [-0.25, -0.2) is 0 Å². The molecule has 0 radical (unpaired) electrons. The van der Waals surface area contributed by atoms with Crippen molar-refractivity contribution in [1.82, 2.24) is 4.90 Å². The summed E-state index contributed by atoms with van der Waals surface area (Å²) < 4.78 is 0. The van der Waals surface area contributed by atoms with Gasteiger partial charge in [0, 0.05) is 23.0 Å². The number of nitrogens with zero attached hydrogens (tertiary/aromatic N) is 1. The van der Waals surface area contributed by atoms with E-state index in [4.69, 9.17) is 5.73 Å². The molecule has 0 aromatic heterocycles. The molecule has 0 fully saturated rings. The molecule has 114 valence electrons. The van der Waals surface area contributed by atoms with E-state index in [9.17, 15) is 9.59 Å². The quantitative estimate of drug-likeness (QED) is 0.625. The molecule has 0 aromatic carbocycles. The SMILES string of the molecule is CC1=CC(=O)N(CCC(N)([Si](C)(C)C)[Si](C)(C)C)C1=O. The summed E-state index contributed by atoms with van der Waals surface area (Å²) in [6.07, 6.45) is 2.14. The van der Waals surface area contributed by atoms with Gasteiger partial charge in [-0.3, -0.25) is 14.5 Å². The zero-order valence-electron chi connectivity index (χ0n) is 13.8. The number of rotatable bonds is 5. The van der Waals surface area contributed by atoms with Crippen LogP contribution in [0.1, 0.15) is 13.3 Å². The third kappa shape index (κ3) is 2.97. The van der Waals surface area contributed by atoms with Crippen molar-refractivity contribution in [2.45, 2.75) is 57.4 Å². The van der Waals surface area contributed by atoms with Crippen LogP contribution >= 0.6 is 0 Å². The molecule has 0 aliphatic carbocycles. The van der Waals surface area contributed by atoms with Gasteiger partial charge in [0.25, 0.3) is 11.8 Å². The van der Waals surface area contributed by atoms with Gasteiger partial charge in [0.15, 0.2) is 0 Å². The lowest BCUT2D eigenvalue weighted by molar-refractivity contribution is -0.137. The topological polar surface area (TPSA) is 63.4 Å². The standard InChI is InChI=1S/C14H28N2O2Si2/c1-11-10-12(17)16(13(11)18)9-8-14(15,19(2,3)4)20(5,6)7/h10H,8-9,15H2,1-7H3. The van der Waals surface area contributed by atoms with Crippen molar-refractivity contribution in [1.29, 1.82) is 0 Å². The summed E-state index contributed by atoms with van der Waals surface area (Å²) in [6, 6.07) is 0. The second-order valence-corrected chi connectivity index (χ2v) is 19.1. The van der Waals surface area contributed by atoms with Crippen LogP contribution < -0.4 is 5.73 Å². The van der Waals surface area contributed by atoms with E-state index in [1.54, 1.807) is 6.92 Å². The van der Waals surface area contributed by atoms with Crippen molar-refractivity contribution < 1.29 is 9.59 Å². The van der Waals surface area contributed by atoms with Gasteiger partial charge in [-0.15, -0.1) is 0 Å². The number of nitrogens with two attached hydrogens (primary N) is 1. The van der Waals surface area contributed by atoms with E-state index >= 15 is 0 Å². The fourth-order valence-corrected chi connectivity index (χ4v) is 13.7. The van der Waals surface area contributed by atoms with Crippen LogP contribution in [0.5, 0.6) is 0 Å². The fraction of sp³-hybridized carbons (Fsp3) is 0.714. The van der Waals surface area contributed by atoms with Crippen molar-refractivity contribution in [3.05, 3.63) is 11.6 Å². The normalized spacial score (nSPS) is 17.8. The third-order valence-corrected chi connectivity index (χ3v) is 14.9. The molecule has 0 unspecified atom stereocenters. The minimum atomic E-state index is -1.61. The van der Waals surface area contributed by atoms with Gasteiger partial charge in [-0.1, -0.05) is 39.3 Å². The number of hydrogen-bond donors (Lipinski definition) is 1. The molecular formula is C14H28N2O2Si2. The van der Waals surface area contributed by atoms with Gasteiger partial charge in [0.05, 0.1) is 16.1 Å². The number of amides is 2. The highest BCUT2D eigenvalue weighted by Gasteiger charge is 2.49. The predicted molar refractivity (Wildman–Crippen MR) is 88.7 cm³/mol. The molecule has 1 aliphatic heterocycles. The maximum absolute atomic E-state index is 12.0. The molecule has 1 heterocycles. The molecule has 0 saturated heterocycles. The minimum absolute atomic E-state index is 0.163. The molecule has 0 spiro atoms. The second-order valence-electron chi connectivity index (χ2n) is 7.84. The highest BCUT2D eigenvalue weighted by atomic mass is 28.4. The largest absolute Gasteiger partial charge is 0.330 e. The Morgan fingerprint density at radius 3 is 1.85 bits per heavy atom. The van der Waals surface area contributed by atoms with Gasteiger partial charge in [0.2, 0.25) is 0 Å². The molecule has 0 saturated carbocycles. The van der Waals surface area contributed by atoms with Crippen molar-refractivity contribution >= 4 is 28.0 Å². The van der Waals surface area contributed by atoms with Crippen LogP contribution in [0.2, 0.25) is 39.3 Å².